The van der Waals surface area contributed by atoms with Crippen LogP contribution in [0, 0.1) is 0 Å². The molecular weight excluding hydrogens is 454 g/mol. The number of benzene rings is 2. The van der Waals surface area contributed by atoms with E-state index in [1.165, 1.54) is 0 Å². The van der Waals surface area contributed by atoms with Gasteiger partial charge in [-0.05, 0) is 62.1 Å². The van der Waals surface area contributed by atoms with Gasteiger partial charge >= 0.3 is 0 Å². The molecule has 1 unspecified atom stereocenters. The molecule has 7 nitrogen and oxygen atoms in total. The number of aliphatic hydroxyl groups is 1. The molecule has 0 spiro atoms. The first-order valence-corrected chi connectivity index (χ1v) is 13.1. The molecule has 1 atom stereocenters. The van der Waals surface area contributed by atoms with Crippen LogP contribution >= 0.6 is 0 Å². The Morgan fingerprint density at radius 2 is 1.75 bits per heavy atom. The summed E-state index contributed by atoms with van der Waals surface area (Å²) in [7, 11) is 3.31. The molecule has 36 heavy (non-hydrogen) atoms. The topological polar surface area (TPSA) is 69.0 Å². The second-order valence-corrected chi connectivity index (χ2v) is 9.40. The minimum absolute atomic E-state index is 0.328. The molecule has 1 saturated carbocycles. The third-order valence-electron chi connectivity index (χ3n) is 6.71. The van der Waals surface area contributed by atoms with Crippen molar-refractivity contribution >= 4 is 0 Å². The molecule has 3 aromatic rings. The van der Waals surface area contributed by atoms with E-state index in [-0.39, 0.29) is 6.10 Å². The van der Waals surface area contributed by atoms with Gasteiger partial charge < -0.3 is 19.3 Å². The van der Waals surface area contributed by atoms with Gasteiger partial charge in [0.25, 0.3) is 0 Å². The lowest BCUT2D eigenvalue weighted by Crippen LogP contribution is -2.34. The van der Waals surface area contributed by atoms with Gasteiger partial charge in [0.1, 0.15) is 5.75 Å². The van der Waals surface area contributed by atoms with Crippen molar-refractivity contribution in [3.63, 3.8) is 0 Å². The summed E-state index contributed by atoms with van der Waals surface area (Å²) in [5, 5.41) is 15.7. The highest BCUT2D eigenvalue weighted by Crippen LogP contribution is 2.38. The summed E-state index contributed by atoms with van der Waals surface area (Å²) in [5.41, 5.74) is 2.93. The molecule has 4 rings (SSSR count). The molecule has 1 N–H and O–H groups in total. The van der Waals surface area contributed by atoms with E-state index in [1.807, 2.05) is 53.2 Å². The van der Waals surface area contributed by atoms with Crippen LogP contribution in [0.4, 0.5) is 0 Å². The Labute approximate surface area is 214 Å². The van der Waals surface area contributed by atoms with Crippen LogP contribution in [0.2, 0.25) is 0 Å². The highest BCUT2D eigenvalue weighted by molar-refractivity contribution is 5.48. The Hall–Kier alpha value is -3.03. The van der Waals surface area contributed by atoms with Gasteiger partial charge in [0.2, 0.25) is 5.88 Å². The summed E-state index contributed by atoms with van der Waals surface area (Å²) < 4.78 is 19.4. The maximum atomic E-state index is 10.7. The van der Waals surface area contributed by atoms with Gasteiger partial charge in [0.05, 0.1) is 37.3 Å². The first-order chi connectivity index (χ1) is 17.6. The SMILES string of the molecule is CCCCC(O)CN(Cc1c(CC)nn(-c2ccc(OC)cc2)c1Oc1ccccc1OC)C1CC1. The van der Waals surface area contributed by atoms with Gasteiger partial charge in [-0.2, -0.15) is 5.10 Å². The third kappa shape index (κ3) is 6.20. The molecule has 0 saturated heterocycles. The average Bonchev–Trinajstić information content (AvgIpc) is 3.71. The molecule has 0 radical (unpaired) electrons. The zero-order valence-electron chi connectivity index (χ0n) is 21.9. The molecule has 1 aliphatic carbocycles. The van der Waals surface area contributed by atoms with E-state index in [0.29, 0.717) is 36.5 Å². The molecule has 1 heterocycles. The molecule has 7 heteroatoms. The van der Waals surface area contributed by atoms with Crippen LogP contribution in [-0.2, 0) is 13.0 Å². The molecule has 0 amide bonds. The monoisotopic (exact) mass is 493 g/mol. The van der Waals surface area contributed by atoms with Gasteiger partial charge in [-0.15, -0.1) is 0 Å². The van der Waals surface area contributed by atoms with Crippen molar-refractivity contribution in [2.45, 2.75) is 71.1 Å². The highest BCUT2D eigenvalue weighted by atomic mass is 16.5. The number of rotatable bonds is 14. The van der Waals surface area contributed by atoms with Crippen molar-refractivity contribution in [2.75, 3.05) is 20.8 Å². The van der Waals surface area contributed by atoms with E-state index in [4.69, 9.17) is 19.3 Å². The van der Waals surface area contributed by atoms with E-state index >= 15 is 0 Å². The van der Waals surface area contributed by atoms with Gasteiger partial charge in [0, 0.05) is 19.1 Å². The van der Waals surface area contributed by atoms with Crippen molar-refractivity contribution in [3.05, 3.63) is 59.8 Å². The van der Waals surface area contributed by atoms with Crippen LogP contribution in [0.1, 0.15) is 57.2 Å². The highest BCUT2D eigenvalue weighted by Gasteiger charge is 2.33. The van der Waals surface area contributed by atoms with Crippen molar-refractivity contribution in [3.8, 4) is 28.8 Å². The van der Waals surface area contributed by atoms with Gasteiger partial charge in [-0.1, -0.05) is 38.8 Å². The van der Waals surface area contributed by atoms with E-state index < -0.39 is 0 Å². The minimum Gasteiger partial charge on any atom is -0.497 e. The molecule has 194 valence electrons. The van der Waals surface area contributed by atoms with Crippen LogP contribution in [0.5, 0.6) is 23.1 Å². The summed E-state index contributed by atoms with van der Waals surface area (Å²) in [5.74, 6) is 2.77. The van der Waals surface area contributed by atoms with Gasteiger partial charge in [0.15, 0.2) is 11.5 Å². The number of methoxy groups -OCH3 is 2. The zero-order valence-corrected chi connectivity index (χ0v) is 21.9. The van der Waals surface area contributed by atoms with Crippen molar-refractivity contribution in [1.82, 2.24) is 14.7 Å². The van der Waals surface area contributed by atoms with Crippen LogP contribution in [0.3, 0.4) is 0 Å². The fraction of sp³-hybridized carbons (Fsp3) is 0.483. The minimum atomic E-state index is -0.328. The number of hydrogen-bond acceptors (Lipinski definition) is 6. The van der Waals surface area contributed by atoms with Crippen molar-refractivity contribution in [2.24, 2.45) is 0 Å². The van der Waals surface area contributed by atoms with E-state index in [9.17, 15) is 5.11 Å². The number of para-hydroxylation sites is 2. The lowest BCUT2D eigenvalue weighted by molar-refractivity contribution is 0.0949. The summed E-state index contributed by atoms with van der Waals surface area (Å²) in [6.07, 6.45) is 5.73. The smallest absolute Gasteiger partial charge is 0.227 e. The molecule has 2 aromatic carbocycles. The first kappa shape index (κ1) is 26.0. The lowest BCUT2D eigenvalue weighted by atomic mass is 10.1. The number of aromatic nitrogens is 2. The summed E-state index contributed by atoms with van der Waals surface area (Å²) in [6.45, 7) is 5.62. The summed E-state index contributed by atoms with van der Waals surface area (Å²) in [6, 6.07) is 16.0. The van der Waals surface area contributed by atoms with Gasteiger partial charge in [-0.3, -0.25) is 4.90 Å². The second-order valence-electron chi connectivity index (χ2n) is 9.40. The number of aryl methyl sites for hydroxylation is 1. The third-order valence-corrected chi connectivity index (χ3v) is 6.71. The van der Waals surface area contributed by atoms with E-state index in [1.54, 1.807) is 14.2 Å². The van der Waals surface area contributed by atoms with Crippen LogP contribution in [0.15, 0.2) is 48.5 Å². The Kier molecular flexibility index (Phi) is 8.88. The van der Waals surface area contributed by atoms with Crippen molar-refractivity contribution < 1.29 is 19.3 Å². The Morgan fingerprint density at radius 3 is 2.36 bits per heavy atom. The standard InChI is InChI=1S/C29H39N3O4/c1-5-7-10-23(33)19-31(21-13-14-21)20-25-26(6-2)30-32(22-15-17-24(34-3)18-16-22)29(25)36-28-12-9-8-11-27(28)35-4/h8-9,11-12,15-18,21,23,33H,5-7,10,13-14,19-20H2,1-4H3. The van der Waals surface area contributed by atoms with Crippen LogP contribution in [0.25, 0.3) is 5.69 Å². The molecular formula is C29H39N3O4. The average molecular weight is 494 g/mol. The second kappa shape index (κ2) is 12.3. The first-order valence-electron chi connectivity index (χ1n) is 13.1. The molecule has 1 aromatic heterocycles. The van der Waals surface area contributed by atoms with Crippen LogP contribution in [-0.4, -0.2) is 52.7 Å². The predicted molar refractivity (Wildman–Crippen MR) is 142 cm³/mol. The largest absolute Gasteiger partial charge is 0.497 e. The lowest BCUT2D eigenvalue weighted by Gasteiger charge is -2.25. The molecule has 1 aliphatic rings. The number of unbranched alkanes of at least 4 members (excludes halogenated alkanes) is 1. The maximum Gasteiger partial charge on any atom is 0.227 e. The molecule has 0 aliphatic heterocycles. The Balaban J connectivity index is 1.74. The number of ether oxygens (including phenoxy) is 3. The number of aliphatic hydroxyl groups excluding tert-OH is 1. The van der Waals surface area contributed by atoms with E-state index in [0.717, 1.165) is 61.2 Å². The van der Waals surface area contributed by atoms with E-state index in [2.05, 4.69) is 18.7 Å². The van der Waals surface area contributed by atoms with Crippen molar-refractivity contribution in [1.29, 1.82) is 0 Å². The van der Waals surface area contributed by atoms with Gasteiger partial charge in [-0.25, -0.2) is 4.68 Å². The Morgan fingerprint density at radius 1 is 1.03 bits per heavy atom. The fourth-order valence-corrected chi connectivity index (χ4v) is 4.52. The normalized spacial score (nSPS) is 14.2. The quantitative estimate of drug-likeness (QED) is 0.308. The van der Waals surface area contributed by atoms with Crippen LogP contribution < -0.4 is 14.2 Å². The Bertz CT molecular complexity index is 1110. The molecule has 1 fully saturated rings. The number of nitrogens with zero attached hydrogens (tertiary/aromatic N) is 3. The predicted octanol–water partition coefficient (Wildman–Crippen LogP) is 5.76. The fourth-order valence-electron chi connectivity index (χ4n) is 4.52. The number of hydrogen-bond donors (Lipinski definition) is 1. The summed E-state index contributed by atoms with van der Waals surface area (Å²) in [4.78, 5) is 2.41. The maximum absolute atomic E-state index is 10.7. The molecule has 0 bridgehead atoms. The zero-order chi connectivity index (χ0) is 25.5. The summed E-state index contributed by atoms with van der Waals surface area (Å²) >= 11 is 0.